The van der Waals surface area contributed by atoms with Gasteiger partial charge in [-0.05, 0) is 25.8 Å². The largest absolute Gasteiger partial charge is 0.510 e. The molecule has 13 heteroatoms. The van der Waals surface area contributed by atoms with E-state index < -0.39 is 86.7 Å². The van der Waals surface area contributed by atoms with Gasteiger partial charge in [-0.3, -0.25) is 19.2 Å². The van der Waals surface area contributed by atoms with E-state index in [1.165, 1.54) is 7.05 Å². The average molecular weight is 533 g/mol. The van der Waals surface area contributed by atoms with Crippen LogP contribution in [-0.4, -0.2) is 75.1 Å². The molecular formula is C25H29FN4O8. The number of fused-ring (bicyclic) bond motifs is 3. The summed E-state index contributed by atoms with van der Waals surface area (Å²) in [4.78, 5) is 50.9. The predicted molar refractivity (Wildman–Crippen MR) is 131 cm³/mol. The minimum Gasteiger partial charge on any atom is -0.510 e. The number of Topliss-reactive ketones (excluding diaryl/α,β-unsaturated/α-hetero) is 2. The summed E-state index contributed by atoms with van der Waals surface area (Å²) in [7, 11) is 1.39. The van der Waals surface area contributed by atoms with Crippen molar-refractivity contribution in [2.45, 2.75) is 44.4 Å². The number of anilines is 1. The van der Waals surface area contributed by atoms with Gasteiger partial charge in [-0.15, -0.1) is 0 Å². The number of allylic oxidation sites excluding steroid dienone is 1. The van der Waals surface area contributed by atoms with E-state index in [-0.39, 0.29) is 36.7 Å². The first-order chi connectivity index (χ1) is 17.7. The molecule has 0 heterocycles. The molecule has 0 fully saturated rings. The Morgan fingerprint density at radius 3 is 2.47 bits per heavy atom. The van der Waals surface area contributed by atoms with Crippen LogP contribution in [0, 0.1) is 17.7 Å². The van der Waals surface area contributed by atoms with E-state index in [1.807, 2.05) is 0 Å². The molecule has 3 aliphatic rings. The van der Waals surface area contributed by atoms with Crippen molar-refractivity contribution in [2.24, 2.45) is 17.6 Å². The number of amides is 2. The maximum atomic E-state index is 15.2. The summed E-state index contributed by atoms with van der Waals surface area (Å²) < 4.78 is 15.2. The Morgan fingerprint density at radius 1 is 1.24 bits per heavy atom. The molecule has 1 aromatic rings. The molecular weight excluding hydrogens is 503 g/mol. The van der Waals surface area contributed by atoms with Gasteiger partial charge in [0.2, 0.25) is 11.7 Å². The molecule has 3 aliphatic carbocycles. The Hall–Kier alpha value is -3.81. The first-order valence-corrected chi connectivity index (χ1v) is 12.0. The summed E-state index contributed by atoms with van der Waals surface area (Å²) in [6.45, 7) is 3.46. The number of aliphatic hydroxyl groups excluding tert-OH is 2. The zero-order chi connectivity index (χ0) is 28.3. The Labute approximate surface area is 216 Å². The van der Waals surface area contributed by atoms with Crippen LogP contribution in [0.3, 0.4) is 0 Å². The lowest BCUT2D eigenvalue weighted by Crippen LogP contribution is -2.63. The minimum absolute atomic E-state index is 0.0270. The summed E-state index contributed by atoms with van der Waals surface area (Å²) in [5.41, 5.74) is 0.0162. The van der Waals surface area contributed by atoms with Crippen LogP contribution in [0.5, 0.6) is 5.75 Å². The molecule has 0 aromatic heterocycles. The van der Waals surface area contributed by atoms with Gasteiger partial charge in [-0.25, -0.2) is 4.39 Å². The van der Waals surface area contributed by atoms with Crippen LogP contribution in [0.4, 0.5) is 10.1 Å². The number of benzene rings is 1. The van der Waals surface area contributed by atoms with Gasteiger partial charge in [0.05, 0.1) is 23.8 Å². The van der Waals surface area contributed by atoms with Gasteiger partial charge in [-0.1, -0.05) is 13.8 Å². The van der Waals surface area contributed by atoms with Crippen molar-refractivity contribution in [3.63, 3.8) is 0 Å². The van der Waals surface area contributed by atoms with Crippen LogP contribution in [0.2, 0.25) is 0 Å². The van der Waals surface area contributed by atoms with Gasteiger partial charge in [0, 0.05) is 29.2 Å². The molecule has 0 radical (unpaired) electrons. The fraction of sp³-hybridized carbons (Fsp3) is 0.440. The highest BCUT2D eigenvalue weighted by Gasteiger charge is 2.62. The Balaban J connectivity index is 1.82. The zero-order valence-electron chi connectivity index (χ0n) is 20.9. The number of nitrogens with one attached hydrogen (secondary N) is 3. The second kappa shape index (κ2) is 9.49. The number of hydrogen-bond acceptors (Lipinski definition) is 10. The number of carbonyl (C=O) groups excluding carboxylic acids is 4. The fourth-order valence-electron chi connectivity index (χ4n) is 5.62. The number of aliphatic hydroxyl groups is 3. The normalized spacial score (nSPS) is 26.7. The summed E-state index contributed by atoms with van der Waals surface area (Å²) >= 11 is 0. The van der Waals surface area contributed by atoms with E-state index in [9.17, 15) is 39.6 Å². The predicted octanol–water partition coefficient (Wildman–Crippen LogP) is -0.146. The molecule has 0 spiro atoms. The van der Waals surface area contributed by atoms with Crippen molar-refractivity contribution < 1.29 is 44.0 Å². The van der Waals surface area contributed by atoms with Gasteiger partial charge < -0.3 is 42.1 Å². The lowest BCUT2D eigenvalue weighted by atomic mass is 9.59. The Bertz CT molecular complexity index is 1340. The highest BCUT2D eigenvalue weighted by molar-refractivity contribution is 6.25. The van der Waals surface area contributed by atoms with Crippen LogP contribution >= 0.6 is 0 Å². The third kappa shape index (κ3) is 3.94. The van der Waals surface area contributed by atoms with Crippen molar-refractivity contribution in [2.75, 3.05) is 18.9 Å². The molecule has 4 atom stereocenters. The van der Waals surface area contributed by atoms with E-state index in [4.69, 9.17) is 5.73 Å². The summed E-state index contributed by atoms with van der Waals surface area (Å²) in [5, 5.41) is 51.9. The molecule has 1 aromatic carbocycles. The first-order valence-electron chi connectivity index (χ1n) is 12.0. The zero-order valence-corrected chi connectivity index (χ0v) is 20.9. The number of ketones is 2. The summed E-state index contributed by atoms with van der Waals surface area (Å²) in [5.74, 6) is -9.94. The number of primary amides is 1. The van der Waals surface area contributed by atoms with Gasteiger partial charge >= 0.3 is 0 Å². The highest BCUT2D eigenvalue weighted by Crippen LogP contribution is 2.52. The molecule has 0 aliphatic heterocycles. The molecule has 4 rings (SSSR count). The number of halogens is 1. The van der Waals surface area contributed by atoms with E-state index in [0.717, 1.165) is 6.07 Å². The number of likely N-dealkylation sites (N-methyl/N-ethyl adjacent to an activating group) is 1. The van der Waals surface area contributed by atoms with Gasteiger partial charge in [-0.2, -0.15) is 0 Å². The van der Waals surface area contributed by atoms with Crippen LogP contribution in [0.25, 0.3) is 0 Å². The lowest BCUT2D eigenvalue weighted by Gasteiger charge is -2.48. The third-order valence-electron chi connectivity index (χ3n) is 7.40. The third-order valence-corrected chi connectivity index (χ3v) is 7.40. The average Bonchev–Trinajstić information content (AvgIpc) is 2.83. The van der Waals surface area contributed by atoms with Crippen molar-refractivity contribution in [1.82, 2.24) is 10.6 Å². The maximum Gasteiger partial charge on any atom is 0.255 e. The van der Waals surface area contributed by atoms with Crippen LogP contribution in [-0.2, 0) is 20.8 Å². The molecule has 38 heavy (non-hydrogen) atoms. The van der Waals surface area contributed by atoms with Crippen molar-refractivity contribution in [1.29, 1.82) is 0 Å². The molecule has 9 N–H and O–H groups in total. The van der Waals surface area contributed by atoms with Crippen molar-refractivity contribution in [3.05, 3.63) is 45.7 Å². The monoisotopic (exact) mass is 532 g/mol. The van der Waals surface area contributed by atoms with Crippen LogP contribution in [0.15, 0.2) is 28.7 Å². The standard InChI is InChI=1S/C25H29FN4O8/c1-8(2)29-7-14(31)30-13-6-12(26)10-4-9-5-11-18(28-3)21(34)17(24(27)37)23(36)25(11,38)22(35)15(9)20(33)16(10)19(13)32/h6,8-9,11,18,28-29,32,34-35,38H,4-5,7H2,1-3H3,(H2,27,37)(H,30,31)/t9-,11-,18-,25-/m0/s1. The lowest BCUT2D eigenvalue weighted by molar-refractivity contribution is -0.146. The number of nitrogens with two attached hydrogens (primary N) is 1. The summed E-state index contributed by atoms with van der Waals surface area (Å²) in [6, 6.07) is -0.340. The highest BCUT2D eigenvalue weighted by atomic mass is 19.1. The van der Waals surface area contributed by atoms with Crippen LogP contribution in [0.1, 0.15) is 36.2 Å². The quantitative estimate of drug-likeness (QED) is 0.179. The number of phenols is 1. The van der Waals surface area contributed by atoms with Crippen molar-refractivity contribution in [3.8, 4) is 5.75 Å². The number of aromatic hydroxyl groups is 1. The number of rotatable bonds is 6. The summed E-state index contributed by atoms with van der Waals surface area (Å²) in [6.07, 6.45) is -0.374. The number of carbonyl (C=O) groups is 4. The second-order valence-electron chi connectivity index (χ2n) is 10.0. The van der Waals surface area contributed by atoms with E-state index >= 15 is 4.39 Å². The first kappa shape index (κ1) is 27.2. The number of phenolic OH excluding ortho intramolecular Hbond substituents is 1. The van der Waals surface area contributed by atoms with Gasteiger partial charge in [0.1, 0.15) is 22.9 Å². The van der Waals surface area contributed by atoms with Gasteiger partial charge in [0.15, 0.2) is 17.1 Å². The molecule has 0 saturated carbocycles. The van der Waals surface area contributed by atoms with E-state index in [0.29, 0.717) is 0 Å². The maximum absolute atomic E-state index is 15.2. The molecule has 12 nitrogen and oxygen atoms in total. The Morgan fingerprint density at radius 2 is 1.89 bits per heavy atom. The molecule has 204 valence electrons. The topological polar surface area (TPSA) is 211 Å². The number of hydrogen-bond donors (Lipinski definition) is 8. The second-order valence-corrected chi connectivity index (χ2v) is 10.0. The molecule has 0 bridgehead atoms. The molecule has 0 saturated heterocycles. The molecule has 0 unspecified atom stereocenters. The SMILES string of the molecule is CN[C@@H]1C(O)=C(C(N)=O)C(=O)[C@@]2(O)C(O)=C3C(=O)c4c(O)c(NC(=O)CNC(C)C)cc(F)c4C[C@H]3C[C@@H]12. The molecule has 2 amide bonds. The fourth-order valence-corrected chi connectivity index (χ4v) is 5.62. The van der Waals surface area contributed by atoms with Gasteiger partial charge in [0.25, 0.3) is 5.91 Å². The van der Waals surface area contributed by atoms with E-state index in [1.54, 1.807) is 13.8 Å². The Kier molecular flexibility index (Phi) is 6.80. The van der Waals surface area contributed by atoms with E-state index in [2.05, 4.69) is 16.0 Å². The van der Waals surface area contributed by atoms with Crippen molar-refractivity contribution >= 4 is 29.1 Å². The van der Waals surface area contributed by atoms with Crippen LogP contribution < -0.4 is 21.7 Å². The smallest absolute Gasteiger partial charge is 0.255 e. The minimum atomic E-state index is -2.80.